The fourth-order valence-electron chi connectivity index (χ4n) is 1.45. The van der Waals surface area contributed by atoms with Crippen LogP contribution < -0.4 is 16.4 Å². The van der Waals surface area contributed by atoms with E-state index >= 15 is 0 Å². The fourth-order valence-corrected chi connectivity index (χ4v) is 1.45. The maximum absolute atomic E-state index is 13.8. The highest BCUT2D eigenvalue weighted by Gasteiger charge is 2.11. The molecule has 0 atom stereocenters. The lowest BCUT2D eigenvalue weighted by molar-refractivity contribution is 0.0950. The predicted octanol–water partition coefficient (Wildman–Crippen LogP) is -0.0423. The van der Waals surface area contributed by atoms with Gasteiger partial charge in [-0.3, -0.25) is 4.79 Å². The normalized spacial score (nSPS) is 9.43. The first-order valence-electron chi connectivity index (χ1n) is 6.25. The number of nitrogens with one attached hydrogen (secondary N) is 2. The molecule has 0 radical (unpaired) electrons. The van der Waals surface area contributed by atoms with Gasteiger partial charge in [0.1, 0.15) is 5.82 Å². The Morgan fingerprint density at radius 3 is 2.62 bits per heavy atom. The zero-order valence-corrected chi connectivity index (χ0v) is 11.3. The number of aliphatic hydroxyl groups excluding tert-OH is 1. The van der Waals surface area contributed by atoms with Gasteiger partial charge in [-0.05, 0) is 18.2 Å². The first-order chi connectivity index (χ1) is 10.0. The van der Waals surface area contributed by atoms with Crippen LogP contribution in [0.1, 0.15) is 22.3 Å². The molecular weight excluding hydrogens is 277 g/mol. The third-order valence-electron chi connectivity index (χ3n) is 2.39. The van der Waals surface area contributed by atoms with E-state index in [4.69, 9.17) is 10.8 Å². The first-order valence-corrected chi connectivity index (χ1v) is 6.25. The zero-order valence-electron chi connectivity index (χ0n) is 11.3. The number of aliphatic hydroxyl groups is 1. The minimum atomic E-state index is -0.693. The van der Waals surface area contributed by atoms with Gasteiger partial charge in [-0.2, -0.15) is 0 Å². The van der Waals surface area contributed by atoms with E-state index in [9.17, 15) is 14.0 Å². The topological polar surface area (TPSA) is 104 Å². The first kappa shape index (κ1) is 16.5. The number of rotatable bonds is 5. The molecule has 0 saturated heterocycles. The van der Waals surface area contributed by atoms with Gasteiger partial charge in [0.2, 0.25) is 0 Å². The van der Waals surface area contributed by atoms with Crippen LogP contribution in [-0.2, 0) is 0 Å². The maximum Gasteiger partial charge on any atom is 0.312 e. The summed E-state index contributed by atoms with van der Waals surface area (Å²) in [6, 6.07) is 3.31. The molecule has 0 saturated carbocycles. The van der Waals surface area contributed by atoms with E-state index in [1.54, 1.807) is 0 Å². The predicted molar refractivity (Wildman–Crippen MR) is 74.9 cm³/mol. The molecule has 0 aromatic heterocycles. The monoisotopic (exact) mass is 293 g/mol. The molecule has 1 aromatic carbocycles. The third-order valence-corrected chi connectivity index (χ3v) is 2.39. The SMILES string of the molecule is NC(=O)NCCNC(=O)c1ccc(C#CCCO)cc1F. The number of hydrogen-bond acceptors (Lipinski definition) is 3. The highest BCUT2D eigenvalue weighted by atomic mass is 19.1. The van der Waals surface area contributed by atoms with Gasteiger partial charge in [-0.15, -0.1) is 0 Å². The van der Waals surface area contributed by atoms with E-state index < -0.39 is 17.8 Å². The van der Waals surface area contributed by atoms with Crippen LogP contribution in [0.15, 0.2) is 18.2 Å². The number of hydrogen-bond donors (Lipinski definition) is 4. The number of primary amides is 1. The van der Waals surface area contributed by atoms with Crippen molar-refractivity contribution >= 4 is 11.9 Å². The van der Waals surface area contributed by atoms with E-state index in [1.807, 2.05) is 0 Å². The standard InChI is InChI=1S/C14H16FN3O3/c15-12-9-10(3-1-2-8-19)4-5-11(12)13(20)17-6-7-18-14(16)21/h4-5,9,19H,2,6-8H2,(H,17,20)(H3,16,18,21). The summed E-state index contributed by atoms with van der Waals surface area (Å²) in [6.07, 6.45) is 0.302. The van der Waals surface area contributed by atoms with E-state index in [2.05, 4.69) is 22.5 Å². The van der Waals surface area contributed by atoms with Crippen LogP contribution in [0.4, 0.5) is 9.18 Å². The molecule has 0 heterocycles. The van der Waals surface area contributed by atoms with Crippen molar-refractivity contribution in [2.24, 2.45) is 5.73 Å². The van der Waals surface area contributed by atoms with Crippen LogP contribution in [0.25, 0.3) is 0 Å². The van der Waals surface area contributed by atoms with Crippen molar-refractivity contribution in [1.29, 1.82) is 0 Å². The Kier molecular flexibility index (Phi) is 6.71. The number of urea groups is 1. The van der Waals surface area contributed by atoms with E-state index in [-0.39, 0.29) is 25.3 Å². The van der Waals surface area contributed by atoms with Crippen molar-refractivity contribution in [3.8, 4) is 11.8 Å². The minimum Gasteiger partial charge on any atom is -0.395 e. The maximum atomic E-state index is 13.8. The lowest BCUT2D eigenvalue weighted by Crippen LogP contribution is -2.37. The molecule has 7 heteroatoms. The average molecular weight is 293 g/mol. The molecule has 3 amide bonds. The van der Waals surface area contributed by atoms with Crippen LogP contribution >= 0.6 is 0 Å². The summed E-state index contributed by atoms with van der Waals surface area (Å²) < 4.78 is 13.8. The fraction of sp³-hybridized carbons (Fsp3) is 0.286. The molecule has 21 heavy (non-hydrogen) atoms. The van der Waals surface area contributed by atoms with Gasteiger partial charge in [0, 0.05) is 25.1 Å². The summed E-state index contributed by atoms with van der Waals surface area (Å²) in [4.78, 5) is 22.1. The summed E-state index contributed by atoms with van der Waals surface area (Å²) in [5, 5.41) is 13.3. The second kappa shape index (κ2) is 8.55. The number of benzene rings is 1. The molecule has 0 aliphatic rings. The highest BCUT2D eigenvalue weighted by Crippen LogP contribution is 2.09. The van der Waals surface area contributed by atoms with E-state index in [0.29, 0.717) is 12.0 Å². The van der Waals surface area contributed by atoms with Crippen LogP contribution in [0.5, 0.6) is 0 Å². The van der Waals surface area contributed by atoms with Gasteiger partial charge in [0.05, 0.1) is 12.2 Å². The largest absolute Gasteiger partial charge is 0.395 e. The van der Waals surface area contributed by atoms with Gasteiger partial charge in [-0.25, -0.2) is 9.18 Å². The third kappa shape index (κ3) is 5.93. The van der Waals surface area contributed by atoms with E-state index in [0.717, 1.165) is 6.07 Å². The Labute approximate surface area is 121 Å². The van der Waals surface area contributed by atoms with Crippen LogP contribution in [0.3, 0.4) is 0 Å². The lowest BCUT2D eigenvalue weighted by Gasteiger charge is -2.06. The Hall–Kier alpha value is -2.59. The Morgan fingerprint density at radius 1 is 1.29 bits per heavy atom. The van der Waals surface area contributed by atoms with Gasteiger partial charge < -0.3 is 21.5 Å². The molecule has 0 fully saturated rings. The van der Waals surface area contributed by atoms with Crippen LogP contribution in [0.2, 0.25) is 0 Å². The number of carbonyl (C=O) groups is 2. The van der Waals surface area contributed by atoms with Crippen molar-refractivity contribution in [2.45, 2.75) is 6.42 Å². The molecule has 0 bridgehead atoms. The smallest absolute Gasteiger partial charge is 0.312 e. The zero-order chi connectivity index (χ0) is 15.7. The summed E-state index contributed by atoms with van der Waals surface area (Å²) >= 11 is 0. The lowest BCUT2D eigenvalue weighted by atomic mass is 10.1. The number of halogens is 1. The van der Waals surface area contributed by atoms with Crippen molar-refractivity contribution in [3.05, 3.63) is 35.1 Å². The van der Waals surface area contributed by atoms with E-state index in [1.165, 1.54) is 12.1 Å². The number of amides is 3. The Morgan fingerprint density at radius 2 is 2.00 bits per heavy atom. The average Bonchev–Trinajstić information content (AvgIpc) is 2.43. The Bertz CT molecular complexity index is 579. The minimum absolute atomic E-state index is 0.0602. The quantitative estimate of drug-likeness (QED) is 0.452. The summed E-state index contributed by atoms with van der Waals surface area (Å²) in [7, 11) is 0. The number of carbonyl (C=O) groups excluding carboxylic acids is 2. The molecule has 1 rings (SSSR count). The molecule has 6 nitrogen and oxygen atoms in total. The summed E-state index contributed by atoms with van der Waals surface area (Å²) in [5.41, 5.74) is 5.17. The second-order valence-electron chi connectivity index (χ2n) is 4.02. The van der Waals surface area contributed by atoms with Gasteiger partial charge in [0.15, 0.2) is 0 Å². The van der Waals surface area contributed by atoms with Gasteiger partial charge in [0.25, 0.3) is 5.91 Å². The second-order valence-corrected chi connectivity index (χ2v) is 4.02. The van der Waals surface area contributed by atoms with Crippen LogP contribution in [-0.4, -0.2) is 36.7 Å². The van der Waals surface area contributed by atoms with Gasteiger partial charge in [-0.1, -0.05) is 11.8 Å². The van der Waals surface area contributed by atoms with Crippen molar-refractivity contribution in [3.63, 3.8) is 0 Å². The van der Waals surface area contributed by atoms with Crippen molar-refractivity contribution < 1.29 is 19.1 Å². The summed E-state index contributed by atoms with van der Waals surface area (Å²) in [6.45, 7) is 0.238. The molecule has 0 aliphatic carbocycles. The highest BCUT2D eigenvalue weighted by molar-refractivity contribution is 5.94. The van der Waals surface area contributed by atoms with Crippen molar-refractivity contribution in [2.75, 3.05) is 19.7 Å². The molecule has 0 unspecified atom stereocenters. The molecule has 5 N–H and O–H groups in total. The molecule has 1 aromatic rings. The molecular formula is C14H16FN3O3. The number of nitrogens with two attached hydrogens (primary N) is 1. The van der Waals surface area contributed by atoms with Gasteiger partial charge >= 0.3 is 6.03 Å². The molecule has 0 spiro atoms. The Balaban J connectivity index is 2.61. The molecule has 0 aliphatic heterocycles. The molecule has 112 valence electrons. The van der Waals surface area contributed by atoms with Crippen LogP contribution in [0, 0.1) is 17.7 Å². The van der Waals surface area contributed by atoms with Crippen molar-refractivity contribution in [1.82, 2.24) is 10.6 Å². The summed E-state index contributed by atoms with van der Waals surface area (Å²) in [5.74, 6) is 4.06.